The molecule has 27 heavy (non-hydrogen) atoms. The van der Waals surface area contributed by atoms with Crippen molar-refractivity contribution in [2.45, 2.75) is 25.7 Å². The van der Waals surface area contributed by atoms with Crippen molar-refractivity contribution in [1.82, 2.24) is 14.3 Å². The summed E-state index contributed by atoms with van der Waals surface area (Å²) in [5.74, 6) is 0.759. The Bertz CT molecular complexity index is 918. The first kappa shape index (κ1) is 20.0. The van der Waals surface area contributed by atoms with E-state index in [2.05, 4.69) is 4.98 Å². The highest BCUT2D eigenvalue weighted by Crippen LogP contribution is 2.35. The standard InChI is InChI=1S/C19H25ClN4O2S/c1-4-27(25,26)24-10-6-8-15(13-24)18-17(12-21-19(22-18)23(2)3)14-7-5-9-16(20)11-14/h5,7,9,11-12,15H,4,6,8,10,13H2,1-3H3/t15-/m0/s1. The number of benzene rings is 1. The van der Waals surface area contributed by atoms with Crippen LogP contribution in [0.15, 0.2) is 30.5 Å². The monoisotopic (exact) mass is 408 g/mol. The van der Waals surface area contributed by atoms with Crippen LogP contribution in [0.3, 0.4) is 0 Å². The smallest absolute Gasteiger partial charge is 0.225 e. The van der Waals surface area contributed by atoms with E-state index >= 15 is 0 Å². The Balaban J connectivity index is 2.05. The van der Waals surface area contributed by atoms with Crippen LogP contribution in [0.25, 0.3) is 11.1 Å². The Kier molecular flexibility index (Phi) is 6.03. The van der Waals surface area contributed by atoms with Gasteiger partial charge in [-0.2, -0.15) is 0 Å². The van der Waals surface area contributed by atoms with E-state index in [1.54, 1.807) is 11.2 Å². The first-order chi connectivity index (χ1) is 12.8. The molecule has 8 heteroatoms. The second-order valence-electron chi connectivity index (χ2n) is 6.97. The highest BCUT2D eigenvalue weighted by molar-refractivity contribution is 7.89. The first-order valence-corrected chi connectivity index (χ1v) is 11.1. The van der Waals surface area contributed by atoms with Gasteiger partial charge in [-0.05, 0) is 37.5 Å². The molecule has 2 aromatic rings. The Hall–Kier alpha value is -1.70. The fourth-order valence-corrected chi connectivity index (χ4v) is 4.76. The molecule has 3 rings (SSSR count). The van der Waals surface area contributed by atoms with Gasteiger partial charge >= 0.3 is 0 Å². The molecule has 0 spiro atoms. The second kappa shape index (κ2) is 8.12. The van der Waals surface area contributed by atoms with Gasteiger partial charge in [-0.1, -0.05) is 23.7 Å². The number of anilines is 1. The van der Waals surface area contributed by atoms with Crippen molar-refractivity contribution in [3.8, 4) is 11.1 Å². The van der Waals surface area contributed by atoms with E-state index in [0.29, 0.717) is 24.1 Å². The van der Waals surface area contributed by atoms with Gasteiger partial charge < -0.3 is 4.90 Å². The zero-order valence-electron chi connectivity index (χ0n) is 15.9. The van der Waals surface area contributed by atoms with Gasteiger partial charge in [0.15, 0.2) is 0 Å². The molecule has 1 fully saturated rings. The number of piperidine rings is 1. The third-order valence-electron chi connectivity index (χ3n) is 4.87. The summed E-state index contributed by atoms with van der Waals surface area (Å²) in [4.78, 5) is 11.1. The molecule has 1 atom stereocenters. The number of rotatable bonds is 5. The maximum atomic E-state index is 12.4. The summed E-state index contributed by atoms with van der Waals surface area (Å²) in [5.41, 5.74) is 2.73. The Labute approximate surface area is 166 Å². The molecule has 0 amide bonds. The summed E-state index contributed by atoms with van der Waals surface area (Å²) in [6, 6.07) is 7.60. The third-order valence-corrected chi connectivity index (χ3v) is 6.95. The molecule has 6 nitrogen and oxygen atoms in total. The lowest BCUT2D eigenvalue weighted by atomic mass is 9.91. The van der Waals surface area contributed by atoms with Crippen LogP contribution in [0.5, 0.6) is 0 Å². The van der Waals surface area contributed by atoms with E-state index in [4.69, 9.17) is 16.6 Å². The van der Waals surface area contributed by atoms with Crippen molar-refractivity contribution in [2.75, 3.05) is 37.8 Å². The Morgan fingerprint density at radius 3 is 2.78 bits per heavy atom. The van der Waals surface area contributed by atoms with Gasteiger partial charge in [0.05, 0.1) is 11.4 Å². The zero-order valence-corrected chi connectivity index (χ0v) is 17.5. The highest BCUT2D eigenvalue weighted by atomic mass is 35.5. The van der Waals surface area contributed by atoms with Crippen molar-refractivity contribution < 1.29 is 8.42 Å². The maximum Gasteiger partial charge on any atom is 0.225 e. The van der Waals surface area contributed by atoms with Crippen molar-refractivity contribution in [1.29, 1.82) is 0 Å². The molecular weight excluding hydrogens is 384 g/mol. The van der Waals surface area contributed by atoms with Crippen LogP contribution in [0, 0.1) is 0 Å². The lowest BCUT2D eigenvalue weighted by Crippen LogP contribution is -2.40. The molecule has 1 aliphatic heterocycles. The van der Waals surface area contributed by atoms with Crippen LogP contribution in [0.4, 0.5) is 5.95 Å². The minimum atomic E-state index is -3.21. The molecular formula is C19H25ClN4O2S. The Morgan fingerprint density at radius 1 is 1.33 bits per heavy atom. The number of sulfonamides is 1. The minimum Gasteiger partial charge on any atom is -0.347 e. The number of nitrogens with zero attached hydrogens (tertiary/aromatic N) is 4. The lowest BCUT2D eigenvalue weighted by molar-refractivity contribution is 0.313. The molecule has 0 N–H and O–H groups in total. The summed E-state index contributed by atoms with van der Waals surface area (Å²) in [6.07, 6.45) is 3.53. The second-order valence-corrected chi connectivity index (χ2v) is 9.67. The Morgan fingerprint density at radius 2 is 2.11 bits per heavy atom. The van der Waals surface area contributed by atoms with Crippen LogP contribution in [-0.2, 0) is 10.0 Å². The maximum absolute atomic E-state index is 12.4. The van der Waals surface area contributed by atoms with E-state index in [9.17, 15) is 8.42 Å². The molecule has 0 aliphatic carbocycles. The van der Waals surface area contributed by atoms with Gasteiger partial charge in [-0.15, -0.1) is 0 Å². The first-order valence-electron chi connectivity index (χ1n) is 9.10. The molecule has 146 valence electrons. The zero-order chi connectivity index (χ0) is 19.6. The lowest BCUT2D eigenvalue weighted by Gasteiger charge is -2.32. The van der Waals surface area contributed by atoms with Crippen LogP contribution in [0.2, 0.25) is 5.02 Å². The fraction of sp³-hybridized carbons (Fsp3) is 0.474. The van der Waals surface area contributed by atoms with Crippen LogP contribution < -0.4 is 4.90 Å². The van der Waals surface area contributed by atoms with Crippen LogP contribution >= 0.6 is 11.6 Å². The highest BCUT2D eigenvalue weighted by Gasteiger charge is 2.31. The predicted octanol–water partition coefficient (Wildman–Crippen LogP) is 3.39. The summed E-state index contributed by atoms with van der Waals surface area (Å²) in [5, 5.41) is 0.647. The van der Waals surface area contributed by atoms with E-state index in [1.807, 2.05) is 49.5 Å². The average Bonchev–Trinajstić information content (AvgIpc) is 2.67. The topological polar surface area (TPSA) is 66.4 Å². The van der Waals surface area contributed by atoms with Crippen molar-refractivity contribution in [2.24, 2.45) is 0 Å². The molecule has 1 aromatic carbocycles. The third kappa shape index (κ3) is 4.42. The number of hydrogen-bond acceptors (Lipinski definition) is 5. The number of aromatic nitrogens is 2. The van der Waals surface area contributed by atoms with Gasteiger partial charge in [0.1, 0.15) is 0 Å². The molecule has 0 radical (unpaired) electrons. The molecule has 0 unspecified atom stereocenters. The predicted molar refractivity (Wildman–Crippen MR) is 110 cm³/mol. The molecule has 0 saturated carbocycles. The molecule has 2 heterocycles. The summed E-state index contributed by atoms with van der Waals surface area (Å²) in [6.45, 7) is 2.71. The van der Waals surface area contributed by atoms with Gasteiger partial charge in [0.25, 0.3) is 0 Å². The number of halogens is 1. The SMILES string of the molecule is CCS(=O)(=O)N1CCC[C@H](c2nc(N(C)C)ncc2-c2cccc(Cl)c2)C1. The van der Waals surface area contributed by atoms with Gasteiger partial charge in [-0.25, -0.2) is 22.7 Å². The summed E-state index contributed by atoms with van der Waals surface area (Å²) in [7, 11) is 0.577. The van der Waals surface area contributed by atoms with E-state index < -0.39 is 10.0 Å². The van der Waals surface area contributed by atoms with Gasteiger partial charge in [0.2, 0.25) is 16.0 Å². The fourth-order valence-electron chi connectivity index (χ4n) is 3.39. The van der Waals surface area contributed by atoms with Crippen LogP contribution in [-0.4, -0.2) is 55.6 Å². The van der Waals surface area contributed by atoms with Gasteiger partial charge in [0, 0.05) is 49.9 Å². The van der Waals surface area contributed by atoms with E-state index in [0.717, 1.165) is 29.7 Å². The van der Waals surface area contributed by atoms with Crippen molar-refractivity contribution in [3.05, 3.63) is 41.2 Å². The molecule has 1 aliphatic rings. The summed E-state index contributed by atoms with van der Waals surface area (Å²) < 4.78 is 26.3. The average molecular weight is 409 g/mol. The molecule has 1 aromatic heterocycles. The molecule has 1 saturated heterocycles. The van der Waals surface area contributed by atoms with E-state index in [-0.39, 0.29) is 11.7 Å². The number of hydrogen-bond donors (Lipinski definition) is 0. The van der Waals surface area contributed by atoms with E-state index in [1.165, 1.54) is 0 Å². The van der Waals surface area contributed by atoms with Crippen molar-refractivity contribution in [3.63, 3.8) is 0 Å². The largest absolute Gasteiger partial charge is 0.347 e. The summed E-state index contributed by atoms with van der Waals surface area (Å²) >= 11 is 6.18. The minimum absolute atomic E-state index is 0.0238. The van der Waals surface area contributed by atoms with Crippen molar-refractivity contribution >= 4 is 27.6 Å². The normalized spacial score (nSPS) is 18.4. The van der Waals surface area contributed by atoms with Crippen LogP contribution in [0.1, 0.15) is 31.4 Å². The molecule has 0 bridgehead atoms. The van der Waals surface area contributed by atoms with Gasteiger partial charge in [-0.3, -0.25) is 0 Å². The quantitative estimate of drug-likeness (QED) is 0.758.